The number of likely N-dealkylation sites (tertiary alicyclic amines) is 1. The summed E-state index contributed by atoms with van der Waals surface area (Å²) in [5.41, 5.74) is 0.176. The highest BCUT2D eigenvalue weighted by molar-refractivity contribution is 5.98. The Morgan fingerprint density at radius 2 is 1.76 bits per heavy atom. The minimum atomic E-state index is -0.399. The number of hydrogen-bond acceptors (Lipinski definition) is 5. The van der Waals surface area contributed by atoms with E-state index < -0.39 is 5.69 Å². The molecular formula is C19H25N7O3. The second-order valence-electron chi connectivity index (χ2n) is 7.50. The van der Waals surface area contributed by atoms with Crippen LogP contribution in [-0.2, 0) is 20.6 Å². The van der Waals surface area contributed by atoms with Crippen LogP contribution in [0.25, 0.3) is 11.0 Å². The summed E-state index contributed by atoms with van der Waals surface area (Å²) in [7, 11) is 3.09. The van der Waals surface area contributed by atoms with Gasteiger partial charge in [0, 0.05) is 33.7 Å². The summed E-state index contributed by atoms with van der Waals surface area (Å²) >= 11 is 0. The van der Waals surface area contributed by atoms with E-state index in [-0.39, 0.29) is 17.5 Å². The lowest BCUT2D eigenvalue weighted by Crippen LogP contribution is -2.40. The van der Waals surface area contributed by atoms with Crippen LogP contribution in [0.15, 0.2) is 28.0 Å². The van der Waals surface area contributed by atoms with E-state index in [0.29, 0.717) is 36.4 Å². The van der Waals surface area contributed by atoms with Crippen LogP contribution in [0.4, 0.5) is 0 Å². The Labute approximate surface area is 166 Å². The lowest BCUT2D eigenvalue weighted by Gasteiger charge is -2.31. The molecule has 0 atom stereocenters. The third-order valence-electron chi connectivity index (χ3n) is 5.68. The number of nitrogens with zero attached hydrogens (tertiary/aromatic N) is 7. The van der Waals surface area contributed by atoms with Crippen LogP contribution in [-0.4, -0.2) is 52.6 Å². The smallest absolute Gasteiger partial charge is 0.332 e. The minimum absolute atomic E-state index is 0.115. The maximum atomic E-state index is 13.3. The van der Waals surface area contributed by atoms with Gasteiger partial charge in [-0.05, 0) is 25.3 Å². The van der Waals surface area contributed by atoms with Gasteiger partial charge in [-0.3, -0.25) is 18.7 Å². The number of fused-ring (bicyclic) bond motifs is 1. The highest BCUT2D eigenvalue weighted by atomic mass is 16.2. The molecule has 0 aromatic carbocycles. The van der Waals surface area contributed by atoms with E-state index >= 15 is 0 Å². The van der Waals surface area contributed by atoms with E-state index in [0.717, 1.165) is 23.8 Å². The van der Waals surface area contributed by atoms with Gasteiger partial charge in [0.2, 0.25) is 0 Å². The first-order chi connectivity index (χ1) is 13.9. The molecule has 1 fully saturated rings. The van der Waals surface area contributed by atoms with Crippen molar-refractivity contribution in [1.29, 1.82) is 0 Å². The molecule has 0 spiro atoms. The van der Waals surface area contributed by atoms with Crippen molar-refractivity contribution in [2.75, 3.05) is 13.1 Å². The van der Waals surface area contributed by atoms with E-state index in [9.17, 15) is 14.4 Å². The predicted octanol–water partition coefficient (Wildman–Crippen LogP) is 0.517. The van der Waals surface area contributed by atoms with Gasteiger partial charge in [-0.15, -0.1) is 0 Å². The van der Waals surface area contributed by atoms with Crippen molar-refractivity contribution in [3.05, 3.63) is 45.0 Å². The fourth-order valence-corrected chi connectivity index (χ4v) is 4.14. The number of amides is 1. The van der Waals surface area contributed by atoms with Crippen LogP contribution in [0.3, 0.4) is 0 Å². The summed E-state index contributed by atoms with van der Waals surface area (Å²) in [6.07, 6.45) is 5.64. The molecule has 0 radical (unpaired) electrons. The quantitative estimate of drug-likeness (QED) is 0.637. The third kappa shape index (κ3) is 3.08. The Morgan fingerprint density at radius 1 is 1.10 bits per heavy atom. The van der Waals surface area contributed by atoms with Gasteiger partial charge in [0.05, 0.1) is 23.8 Å². The molecule has 4 rings (SSSR count). The summed E-state index contributed by atoms with van der Waals surface area (Å²) < 4.78 is 4.33. The molecule has 10 nitrogen and oxygen atoms in total. The zero-order valence-electron chi connectivity index (χ0n) is 16.9. The van der Waals surface area contributed by atoms with Gasteiger partial charge >= 0.3 is 5.69 Å². The topological polar surface area (TPSA) is 100.0 Å². The van der Waals surface area contributed by atoms with Crippen molar-refractivity contribution in [3.8, 4) is 0 Å². The Balaban J connectivity index is 1.70. The van der Waals surface area contributed by atoms with Gasteiger partial charge in [0.15, 0.2) is 0 Å². The van der Waals surface area contributed by atoms with Crippen molar-refractivity contribution in [1.82, 2.24) is 33.6 Å². The summed E-state index contributed by atoms with van der Waals surface area (Å²) in [4.78, 5) is 41.9. The Morgan fingerprint density at radius 3 is 2.38 bits per heavy atom. The first kappa shape index (κ1) is 19.2. The van der Waals surface area contributed by atoms with Crippen molar-refractivity contribution in [3.63, 3.8) is 0 Å². The van der Waals surface area contributed by atoms with Crippen LogP contribution < -0.4 is 11.2 Å². The first-order valence-corrected chi connectivity index (χ1v) is 9.88. The van der Waals surface area contributed by atoms with E-state index in [1.54, 1.807) is 30.3 Å². The van der Waals surface area contributed by atoms with Crippen LogP contribution in [0.1, 0.15) is 42.7 Å². The molecule has 154 valence electrons. The minimum Gasteiger partial charge on any atom is -0.337 e. The van der Waals surface area contributed by atoms with Crippen LogP contribution in [0.5, 0.6) is 0 Å². The van der Waals surface area contributed by atoms with Crippen LogP contribution in [0, 0.1) is 0 Å². The average Bonchev–Trinajstić information content (AvgIpc) is 3.39. The highest BCUT2D eigenvalue weighted by Crippen LogP contribution is 2.24. The number of aryl methyl sites for hydroxylation is 2. The van der Waals surface area contributed by atoms with Gasteiger partial charge in [-0.1, -0.05) is 6.92 Å². The summed E-state index contributed by atoms with van der Waals surface area (Å²) in [5.74, 6) is -0.115. The van der Waals surface area contributed by atoms with Crippen LogP contribution >= 0.6 is 0 Å². The lowest BCUT2D eigenvalue weighted by atomic mass is 10.1. The van der Waals surface area contributed by atoms with E-state index in [1.807, 2.05) is 16.4 Å². The summed E-state index contributed by atoms with van der Waals surface area (Å²) in [6.45, 7) is 3.74. The molecule has 1 amide bonds. The molecule has 0 saturated carbocycles. The molecule has 3 aromatic rings. The Bertz CT molecular complexity index is 1160. The number of rotatable bonds is 4. The third-order valence-corrected chi connectivity index (χ3v) is 5.68. The van der Waals surface area contributed by atoms with E-state index in [1.165, 1.54) is 11.6 Å². The number of hydrogen-bond donors (Lipinski definition) is 0. The molecule has 4 heterocycles. The van der Waals surface area contributed by atoms with E-state index in [4.69, 9.17) is 0 Å². The molecule has 0 N–H and O–H groups in total. The summed E-state index contributed by atoms with van der Waals surface area (Å²) in [5, 5.41) is 8.79. The molecule has 1 aliphatic rings. The van der Waals surface area contributed by atoms with Gasteiger partial charge in [-0.2, -0.15) is 15.0 Å². The molecule has 10 heteroatoms. The largest absolute Gasteiger partial charge is 0.337 e. The molecule has 0 bridgehead atoms. The van der Waals surface area contributed by atoms with Crippen molar-refractivity contribution in [2.24, 2.45) is 14.1 Å². The zero-order chi connectivity index (χ0) is 20.7. The normalized spacial score (nSPS) is 15.3. The number of piperidine rings is 1. The fourth-order valence-electron chi connectivity index (χ4n) is 4.14. The molecular weight excluding hydrogens is 374 g/mol. The molecule has 3 aromatic heterocycles. The number of carbonyl (C=O) groups excluding carboxylic acids is 1. The van der Waals surface area contributed by atoms with Gasteiger partial charge in [-0.25, -0.2) is 4.79 Å². The first-order valence-electron chi connectivity index (χ1n) is 9.88. The zero-order valence-corrected chi connectivity index (χ0v) is 16.9. The van der Waals surface area contributed by atoms with E-state index in [2.05, 4.69) is 10.2 Å². The monoisotopic (exact) mass is 399 g/mol. The Kier molecular flexibility index (Phi) is 4.85. The number of aromatic nitrogens is 6. The number of carbonyl (C=O) groups is 1. The maximum absolute atomic E-state index is 13.3. The molecule has 29 heavy (non-hydrogen) atoms. The maximum Gasteiger partial charge on any atom is 0.332 e. The SMILES string of the molecule is CCCn1c(C(=O)N2CCC(n3nccn3)CC2)cc2c(=O)n(C)c(=O)n(C)c21. The predicted molar refractivity (Wildman–Crippen MR) is 107 cm³/mol. The summed E-state index contributed by atoms with van der Waals surface area (Å²) in [6, 6.07) is 1.82. The second-order valence-corrected chi connectivity index (χ2v) is 7.50. The molecule has 1 aliphatic heterocycles. The molecule has 0 unspecified atom stereocenters. The fraction of sp³-hybridized carbons (Fsp3) is 0.526. The van der Waals surface area contributed by atoms with Gasteiger partial charge in [0.1, 0.15) is 11.3 Å². The van der Waals surface area contributed by atoms with Crippen molar-refractivity contribution in [2.45, 2.75) is 38.8 Å². The highest BCUT2D eigenvalue weighted by Gasteiger charge is 2.28. The second kappa shape index (κ2) is 7.34. The van der Waals surface area contributed by atoms with Gasteiger partial charge < -0.3 is 9.47 Å². The molecule has 1 saturated heterocycles. The van der Waals surface area contributed by atoms with Gasteiger partial charge in [0.25, 0.3) is 11.5 Å². The average molecular weight is 399 g/mol. The van der Waals surface area contributed by atoms with Crippen molar-refractivity contribution < 1.29 is 4.79 Å². The van der Waals surface area contributed by atoms with Crippen molar-refractivity contribution >= 4 is 16.9 Å². The lowest BCUT2D eigenvalue weighted by molar-refractivity contribution is 0.0673. The standard InChI is InChI=1S/C19H25N7O3/c1-4-9-25-15(12-14-16(25)22(2)19(29)23(3)17(14)27)18(28)24-10-5-13(6-11-24)26-20-7-8-21-26/h7-8,12-13H,4-6,9-11H2,1-3H3. The molecule has 0 aliphatic carbocycles. The van der Waals surface area contributed by atoms with Crippen LogP contribution in [0.2, 0.25) is 0 Å². The Hall–Kier alpha value is -3.17.